The molecule has 3 aromatic carbocycles. The number of ketones is 2. The minimum absolute atomic E-state index is 0.207. The number of allylic oxidation sites excluding steroid dienone is 1. The second-order valence-corrected chi connectivity index (χ2v) is 6.82. The van der Waals surface area contributed by atoms with Gasteiger partial charge in [0.25, 0.3) is 0 Å². The highest BCUT2D eigenvalue weighted by atomic mass is 19.1. The van der Waals surface area contributed by atoms with Crippen LogP contribution in [0.2, 0.25) is 0 Å². The molecule has 0 saturated carbocycles. The molecular weight excluding hydrogens is 399 g/mol. The van der Waals surface area contributed by atoms with Crippen LogP contribution in [0, 0.1) is 5.82 Å². The van der Waals surface area contributed by atoms with Crippen LogP contribution in [-0.4, -0.2) is 24.8 Å². The highest BCUT2D eigenvalue weighted by molar-refractivity contribution is 6.14. The van der Waals surface area contributed by atoms with Gasteiger partial charge in [0, 0.05) is 11.6 Å². The van der Waals surface area contributed by atoms with Crippen LogP contribution >= 0.6 is 0 Å². The molecule has 1 aliphatic heterocycles. The molecule has 0 aromatic heterocycles. The monoisotopic (exact) mass is 418 g/mol. The van der Waals surface area contributed by atoms with Gasteiger partial charge in [0.05, 0.1) is 12.2 Å². The van der Waals surface area contributed by atoms with Gasteiger partial charge in [-0.05, 0) is 67.1 Å². The zero-order valence-electron chi connectivity index (χ0n) is 16.8. The van der Waals surface area contributed by atoms with Gasteiger partial charge in [-0.2, -0.15) is 0 Å². The molecule has 3 aromatic rings. The zero-order chi connectivity index (χ0) is 21.8. The number of hydrogen-bond acceptors (Lipinski definition) is 5. The van der Waals surface area contributed by atoms with E-state index in [4.69, 9.17) is 14.2 Å². The lowest BCUT2D eigenvalue weighted by molar-refractivity contribution is 0.0920. The number of hydrogen-bond donors (Lipinski definition) is 0. The summed E-state index contributed by atoms with van der Waals surface area (Å²) in [7, 11) is 0. The number of fused-ring (bicyclic) bond motifs is 1. The SMILES string of the molecule is CCOc1ccc(/C=C2\Oc3cc(OCC(=O)c4ccc(F)cc4)ccc3C2=O)cc1. The van der Waals surface area contributed by atoms with Crippen molar-refractivity contribution in [2.75, 3.05) is 13.2 Å². The third-order valence-corrected chi connectivity index (χ3v) is 4.67. The molecule has 6 heteroatoms. The summed E-state index contributed by atoms with van der Waals surface area (Å²) >= 11 is 0. The van der Waals surface area contributed by atoms with E-state index in [0.29, 0.717) is 29.2 Å². The maximum Gasteiger partial charge on any atom is 0.231 e. The first-order valence-corrected chi connectivity index (χ1v) is 9.76. The van der Waals surface area contributed by atoms with Crippen LogP contribution in [0.1, 0.15) is 33.2 Å². The molecule has 0 unspecified atom stereocenters. The van der Waals surface area contributed by atoms with Gasteiger partial charge in [-0.15, -0.1) is 0 Å². The minimum atomic E-state index is -0.410. The first-order chi connectivity index (χ1) is 15.0. The van der Waals surface area contributed by atoms with Gasteiger partial charge >= 0.3 is 0 Å². The van der Waals surface area contributed by atoms with Gasteiger partial charge in [-0.25, -0.2) is 4.39 Å². The predicted molar refractivity (Wildman–Crippen MR) is 113 cm³/mol. The van der Waals surface area contributed by atoms with Crippen LogP contribution in [0.15, 0.2) is 72.5 Å². The Hall–Kier alpha value is -3.93. The molecule has 0 radical (unpaired) electrons. The highest BCUT2D eigenvalue weighted by Gasteiger charge is 2.27. The van der Waals surface area contributed by atoms with E-state index in [0.717, 1.165) is 11.3 Å². The van der Waals surface area contributed by atoms with Crippen LogP contribution in [0.3, 0.4) is 0 Å². The van der Waals surface area contributed by atoms with Gasteiger partial charge in [-0.1, -0.05) is 12.1 Å². The van der Waals surface area contributed by atoms with Crippen LogP contribution in [0.5, 0.6) is 17.2 Å². The Kier molecular flexibility index (Phi) is 5.80. The second-order valence-electron chi connectivity index (χ2n) is 6.82. The summed E-state index contributed by atoms with van der Waals surface area (Å²) in [6, 6.07) is 17.4. The maximum absolute atomic E-state index is 13.0. The van der Waals surface area contributed by atoms with E-state index in [9.17, 15) is 14.0 Å². The van der Waals surface area contributed by atoms with Crippen LogP contribution in [0.4, 0.5) is 4.39 Å². The molecule has 0 saturated heterocycles. The molecular formula is C25H19FO5. The van der Waals surface area contributed by atoms with E-state index in [-0.39, 0.29) is 23.9 Å². The third kappa shape index (κ3) is 4.64. The van der Waals surface area contributed by atoms with Gasteiger partial charge in [0.1, 0.15) is 23.1 Å². The Morgan fingerprint density at radius 2 is 1.68 bits per heavy atom. The molecule has 156 valence electrons. The summed E-state index contributed by atoms with van der Waals surface area (Å²) in [4.78, 5) is 24.8. The van der Waals surface area contributed by atoms with Crippen molar-refractivity contribution in [3.8, 4) is 17.2 Å². The van der Waals surface area contributed by atoms with E-state index in [1.807, 2.05) is 31.2 Å². The predicted octanol–water partition coefficient (Wildman–Crippen LogP) is 5.10. The quantitative estimate of drug-likeness (QED) is 0.395. The standard InChI is InChI=1S/C25H19FO5/c1-2-29-19-9-3-16(4-10-19)13-24-25(28)21-12-11-20(14-23(21)31-24)30-15-22(27)17-5-7-18(26)8-6-17/h3-14H,2,15H2,1H3/b24-13-. The number of halogens is 1. The number of rotatable bonds is 7. The summed E-state index contributed by atoms with van der Waals surface area (Å²) in [5.41, 5.74) is 1.59. The Bertz CT molecular complexity index is 1150. The van der Waals surface area contributed by atoms with Crippen molar-refractivity contribution >= 4 is 17.6 Å². The lowest BCUT2D eigenvalue weighted by atomic mass is 10.1. The van der Waals surface area contributed by atoms with Gasteiger partial charge in [0.2, 0.25) is 5.78 Å². The number of Topliss-reactive ketones (excluding diaryl/α,β-unsaturated/α-hetero) is 2. The molecule has 0 amide bonds. The fraction of sp³-hybridized carbons (Fsp3) is 0.120. The van der Waals surface area contributed by atoms with E-state index in [1.54, 1.807) is 24.3 Å². The van der Waals surface area contributed by atoms with E-state index < -0.39 is 5.82 Å². The lowest BCUT2D eigenvalue weighted by Crippen LogP contribution is -2.11. The second kappa shape index (κ2) is 8.83. The largest absolute Gasteiger partial charge is 0.494 e. The van der Waals surface area contributed by atoms with Crippen molar-refractivity contribution in [2.45, 2.75) is 6.92 Å². The van der Waals surface area contributed by atoms with E-state index in [2.05, 4.69) is 0 Å². The summed E-state index contributed by atoms with van der Waals surface area (Å²) in [5, 5.41) is 0. The average Bonchev–Trinajstić information content (AvgIpc) is 3.08. The first kappa shape index (κ1) is 20.3. The highest BCUT2D eigenvalue weighted by Crippen LogP contribution is 2.35. The van der Waals surface area contributed by atoms with Gasteiger partial charge in [-0.3, -0.25) is 9.59 Å². The molecule has 4 rings (SSSR count). The van der Waals surface area contributed by atoms with E-state index >= 15 is 0 Å². The van der Waals surface area contributed by atoms with Crippen molar-refractivity contribution in [1.82, 2.24) is 0 Å². The van der Waals surface area contributed by atoms with Crippen LogP contribution in [0.25, 0.3) is 6.08 Å². The molecule has 0 spiro atoms. The van der Waals surface area contributed by atoms with Crippen molar-refractivity contribution in [1.29, 1.82) is 0 Å². The first-order valence-electron chi connectivity index (χ1n) is 9.76. The zero-order valence-corrected chi connectivity index (χ0v) is 16.8. The summed E-state index contributed by atoms with van der Waals surface area (Å²) in [6.07, 6.45) is 1.66. The smallest absolute Gasteiger partial charge is 0.231 e. The summed E-state index contributed by atoms with van der Waals surface area (Å²) in [6.45, 7) is 2.28. The molecule has 1 aliphatic rings. The van der Waals surface area contributed by atoms with E-state index in [1.165, 1.54) is 24.3 Å². The topological polar surface area (TPSA) is 61.8 Å². The van der Waals surface area contributed by atoms with Crippen molar-refractivity contribution in [3.63, 3.8) is 0 Å². The normalized spacial score (nSPS) is 13.6. The van der Waals surface area contributed by atoms with Crippen molar-refractivity contribution < 1.29 is 28.2 Å². The minimum Gasteiger partial charge on any atom is -0.494 e. The molecule has 0 fully saturated rings. The Morgan fingerprint density at radius 3 is 2.39 bits per heavy atom. The molecule has 0 aliphatic carbocycles. The Balaban J connectivity index is 1.44. The Morgan fingerprint density at radius 1 is 0.968 bits per heavy atom. The van der Waals surface area contributed by atoms with Gasteiger partial charge in [0.15, 0.2) is 18.1 Å². The van der Waals surface area contributed by atoms with Crippen molar-refractivity contribution in [3.05, 3.63) is 95.0 Å². The fourth-order valence-electron chi connectivity index (χ4n) is 3.10. The number of benzene rings is 3. The third-order valence-electron chi connectivity index (χ3n) is 4.67. The lowest BCUT2D eigenvalue weighted by Gasteiger charge is -2.07. The van der Waals surface area contributed by atoms with Gasteiger partial charge < -0.3 is 14.2 Å². The molecule has 1 heterocycles. The van der Waals surface area contributed by atoms with Crippen LogP contribution in [-0.2, 0) is 0 Å². The Labute approximate surface area is 178 Å². The fourth-order valence-corrected chi connectivity index (χ4v) is 3.10. The van der Waals surface area contributed by atoms with Crippen LogP contribution < -0.4 is 14.2 Å². The maximum atomic E-state index is 13.0. The van der Waals surface area contributed by atoms with Crippen molar-refractivity contribution in [2.24, 2.45) is 0 Å². The summed E-state index contributed by atoms with van der Waals surface area (Å²) in [5.74, 6) is 0.805. The number of ether oxygens (including phenoxy) is 3. The molecule has 0 N–H and O–H groups in total. The molecule has 31 heavy (non-hydrogen) atoms. The number of carbonyl (C=O) groups is 2. The number of carbonyl (C=O) groups excluding carboxylic acids is 2. The average molecular weight is 418 g/mol. The molecule has 0 atom stereocenters. The molecule has 0 bridgehead atoms. The summed E-state index contributed by atoms with van der Waals surface area (Å²) < 4.78 is 29.7. The molecule has 5 nitrogen and oxygen atoms in total.